The summed E-state index contributed by atoms with van der Waals surface area (Å²) in [5, 5.41) is 0.839. The highest BCUT2D eigenvalue weighted by atomic mass is 35.5. The second-order valence-corrected chi connectivity index (χ2v) is 10.0. The van der Waals surface area contributed by atoms with E-state index in [-0.39, 0.29) is 0 Å². The van der Waals surface area contributed by atoms with Gasteiger partial charge in [-0.05, 0) is 54.7 Å². The molecule has 0 saturated heterocycles. The van der Waals surface area contributed by atoms with Gasteiger partial charge in [0.1, 0.15) is 0 Å². The molecule has 0 atom stereocenters. The van der Waals surface area contributed by atoms with Gasteiger partial charge < -0.3 is 0 Å². The maximum Gasteiger partial charge on any atom is 0.159 e. The Hall–Kier alpha value is -1.41. The number of rotatable bonds is 12. The zero-order valence-electron chi connectivity index (χ0n) is 19.7. The van der Waals surface area contributed by atoms with Crippen LogP contribution in [-0.2, 0) is 12.8 Å². The highest BCUT2D eigenvalue weighted by Crippen LogP contribution is 2.34. The van der Waals surface area contributed by atoms with E-state index in [0.29, 0.717) is 0 Å². The molecule has 0 radical (unpaired) electrons. The minimum atomic E-state index is 0.776. The molecule has 0 unspecified atom stereocenters. The van der Waals surface area contributed by atoms with Gasteiger partial charge in [0.25, 0.3) is 0 Å². The van der Waals surface area contributed by atoms with Gasteiger partial charge >= 0.3 is 0 Å². The smallest absolute Gasteiger partial charge is 0.159 e. The number of hydrogen-bond donors (Lipinski definition) is 0. The standard InChI is InChI=1S/C28H41ClN2/c1-3-5-7-9-22-11-13-23(14-12-22)15-16-24-20-30-28(31-21-24)26-18-17-25(27(29)19-26)10-8-6-4-2/h17-23H,3-16H2,1-2H3. The minimum Gasteiger partial charge on any atom is -0.236 e. The molecule has 2 aromatic rings. The van der Waals surface area contributed by atoms with Gasteiger partial charge in [-0.2, -0.15) is 0 Å². The van der Waals surface area contributed by atoms with Gasteiger partial charge in [-0.3, -0.25) is 0 Å². The molecule has 31 heavy (non-hydrogen) atoms. The lowest BCUT2D eigenvalue weighted by Crippen LogP contribution is -2.15. The van der Waals surface area contributed by atoms with Crippen molar-refractivity contribution in [2.75, 3.05) is 0 Å². The molecule has 0 bridgehead atoms. The van der Waals surface area contributed by atoms with E-state index in [4.69, 9.17) is 11.6 Å². The van der Waals surface area contributed by atoms with Gasteiger partial charge in [-0.15, -0.1) is 0 Å². The number of hydrogen-bond acceptors (Lipinski definition) is 2. The van der Waals surface area contributed by atoms with Gasteiger partial charge in [-0.25, -0.2) is 9.97 Å². The number of nitrogens with zero attached hydrogens (tertiary/aromatic N) is 2. The molecule has 1 heterocycles. The molecule has 0 N–H and O–H groups in total. The second-order valence-electron chi connectivity index (χ2n) is 9.60. The summed E-state index contributed by atoms with van der Waals surface area (Å²) >= 11 is 6.52. The lowest BCUT2D eigenvalue weighted by molar-refractivity contribution is 0.249. The molecule has 1 saturated carbocycles. The van der Waals surface area contributed by atoms with Crippen molar-refractivity contribution in [3.05, 3.63) is 46.7 Å². The van der Waals surface area contributed by atoms with Gasteiger partial charge in [-0.1, -0.05) is 102 Å². The predicted molar refractivity (Wildman–Crippen MR) is 134 cm³/mol. The number of aryl methyl sites for hydroxylation is 2. The Kier molecular flexibility index (Phi) is 10.3. The summed E-state index contributed by atoms with van der Waals surface area (Å²) in [6, 6.07) is 6.28. The Morgan fingerprint density at radius 3 is 2.10 bits per heavy atom. The van der Waals surface area contributed by atoms with Crippen LogP contribution >= 0.6 is 11.6 Å². The molecule has 1 fully saturated rings. The van der Waals surface area contributed by atoms with Gasteiger partial charge in [0.05, 0.1) is 0 Å². The molecule has 0 aliphatic heterocycles. The van der Waals surface area contributed by atoms with Crippen LogP contribution in [0.4, 0.5) is 0 Å². The quantitative estimate of drug-likeness (QED) is 0.308. The first kappa shape index (κ1) is 24.2. The summed E-state index contributed by atoms with van der Waals surface area (Å²) in [6.07, 6.45) is 22.5. The first-order valence-electron chi connectivity index (χ1n) is 12.8. The number of halogens is 1. The number of unbranched alkanes of at least 4 members (excludes halogenated alkanes) is 4. The molecule has 2 nitrogen and oxygen atoms in total. The van der Waals surface area contributed by atoms with Gasteiger partial charge in [0, 0.05) is 23.0 Å². The molecule has 1 aromatic carbocycles. The van der Waals surface area contributed by atoms with Gasteiger partial charge in [0.2, 0.25) is 0 Å². The maximum absolute atomic E-state index is 6.52. The maximum atomic E-state index is 6.52. The van der Waals surface area contributed by atoms with E-state index in [0.717, 1.165) is 41.1 Å². The monoisotopic (exact) mass is 440 g/mol. The topological polar surface area (TPSA) is 25.8 Å². The van der Waals surface area contributed by atoms with Crippen LogP contribution < -0.4 is 0 Å². The normalized spacial score (nSPS) is 18.9. The van der Waals surface area contributed by atoms with Crippen molar-refractivity contribution in [3.63, 3.8) is 0 Å². The van der Waals surface area contributed by atoms with Crippen LogP contribution in [0.1, 0.15) is 102 Å². The van der Waals surface area contributed by atoms with Crippen LogP contribution in [0.15, 0.2) is 30.6 Å². The van der Waals surface area contributed by atoms with E-state index in [1.165, 1.54) is 88.2 Å². The molecule has 3 heteroatoms. The molecule has 3 rings (SSSR count). The first-order chi connectivity index (χ1) is 15.2. The van der Waals surface area contributed by atoms with Crippen molar-refractivity contribution < 1.29 is 0 Å². The van der Waals surface area contributed by atoms with E-state index in [2.05, 4.69) is 35.9 Å². The summed E-state index contributed by atoms with van der Waals surface area (Å²) < 4.78 is 0. The van der Waals surface area contributed by atoms with E-state index in [9.17, 15) is 0 Å². The highest BCUT2D eigenvalue weighted by Gasteiger charge is 2.20. The molecule has 170 valence electrons. The summed E-state index contributed by atoms with van der Waals surface area (Å²) in [5.41, 5.74) is 3.50. The van der Waals surface area contributed by atoms with E-state index in [1.54, 1.807) is 0 Å². The third kappa shape index (κ3) is 7.90. The fourth-order valence-electron chi connectivity index (χ4n) is 4.95. The average molecular weight is 441 g/mol. The number of aromatic nitrogens is 2. The van der Waals surface area contributed by atoms with E-state index >= 15 is 0 Å². The highest BCUT2D eigenvalue weighted by molar-refractivity contribution is 6.31. The van der Waals surface area contributed by atoms with Crippen molar-refractivity contribution in [2.24, 2.45) is 11.8 Å². The summed E-state index contributed by atoms with van der Waals surface area (Å²) in [7, 11) is 0. The Morgan fingerprint density at radius 1 is 0.806 bits per heavy atom. The van der Waals surface area contributed by atoms with Crippen molar-refractivity contribution >= 4 is 11.6 Å². The van der Waals surface area contributed by atoms with Crippen LogP contribution in [-0.4, -0.2) is 9.97 Å². The van der Waals surface area contributed by atoms with Crippen LogP contribution in [0, 0.1) is 11.8 Å². The van der Waals surface area contributed by atoms with E-state index < -0.39 is 0 Å². The lowest BCUT2D eigenvalue weighted by atomic mass is 9.78. The molecular formula is C28H41ClN2. The van der Waals surface area contributed by atoms with Crippen LogP contribution in [0.3, 0.4) is 0 Å². The molecule has 1 aliphatic rings. The Morgan fingerprint density at radius 2 is 1.45 bits per heavy atom. The SMILES string of the molecule is CCCCCc1ccc(-c2ncc(CCC3CCC(CCCCC)CC3)cn2)cc1Cl. The fourth-order valence-corrected chi connectivity index (χ4v) is 5.23. The van der Waals surface area contributed by atoms with Crippen molar-refractivity contribution in [1.29, 1.82) is 0 Å². The van der Waals surface area contributed by atoms with Crippen LogP contribution in [0.2, 0.25) is 5.02 Å². The van der Waals surface area contributed by atoms with Crippen molar-refractivity contribution in [2.45, 2.75) is 104 Å². The molecular weight excluding hydrogens is 400 g/mol. The molecule has 1 aromatic heterocycles. The molecule has 0 spiro atoms. The zero-order chi connectivity index (χ0) is 21.9. The molecule has 1 aliphatic carbocycles. The van der Waals surface area contributed by atoms with Crippen molar-refractivity contribution in [1.82, 2.24) is 9.97 Å². The van der Waals surface area contributed by atoms with E-state index in [1.807, 2.05) is 18.5 Å². The molecule has 0 amide bonds. The summed E-state index contributed by atoms with van der Waals surface area (Å²) in [4.78, 5) is 9.29. The lowest BCUT2D eigenvalue weighted by Gasteiger charge is -2.28. The Bertz CT molecular complexity index is 763. The van der Waals surface area contributed by atoms with Crippen LogP contribution in [0.25, 0.3) is 11.4 Å². The number of benzene rings is 1. The fraction of sp³-hybridized carbons (Fsp3) is 0.643. The van der Waals surface area contributed by atoms with Crippen LogP contribution in [0.5, 0.6) is 0 Å². The first-order valence-corrected chi connectivity index (χ1v) is 13.2. The Balaban J connectivity index is 1.45. The predicted octanol–water partition coefficient (Wildman–Crippen LogP) is 8.85. The minimum absolute atomic E-state index is 0.776. The summed E-state index contributed by atoms with van der Waals surface area (Å²) in [6.45, 7) is 4.53. The largest absolute Gasteiger partial charge is 0.236 e. The zero-order valence-corrected chi connectivity index (χ0v) is 20.5. The summed E-state index contributed by atoms with van der Waals surface area (Å²) in [5.74, 6) is 2.66. The van der Waals surface area contributed by atoms with Crippen molar-refractivity contribution in [3.8, 4) is 11.4 Å². The average Bonchev–Trinajstić information content (AvgIpc) is 2.80. The second kappa shape index (κ2) is 13.2. The Labute approximate surface area is 195 Å². The third-order valence-corrected chi connectivity index (χ3v) is 7.44. The third-order valence-electron chi connectivity index (χ3n) is 7.09. The van der Waals surface area contributed by atoms with Gasteiger partial charge in [0.15, 0.2) is 5.82 Å².